The van der Waals surface area contributed by atoms with Crippen LogP contribution in [0.15, 0.2) is 23.1 Å². The number of H-pyrrole nitrogens is 1. The molecule has 1 saturated heterocycles. The van der Waals surface area contributed by atoms with Crippen molar-refractivity contribution in [3.63, 3.8) is 0 Å². The van der Waals surface area contributed by atoms with Gasteiger partial charge in [0, 0.05) is 29.9 Å². The van der Waals surface area contributed by atoms with Crippen LogP contribution in [-0.4, -0.2) is 46.9 Å². The van der Waals surface area contributed by atoms with Gasteiger partial charge in [0.15, 0.2) is 5.82 Å². The van der Waals surface area contributed by atoms with E-state index in [1.165, 1.54) is 11.8 Å². The number of nitrogen functional groups attached to an aromatic ring is 1. The Morgan fingerprint density at radius 3 is 2.79 bits per heavy atom. The normalized spacial score (nSPS) is 22.8. The summed E-state index contributed by atoms with van der Waals surface area (Å²) in [6.07, 6.45) is -4.86. The highest BCUT2D eigenvalue weighted by Gasteiger charge is 2.56. The number of pyridine rings is 1. The minimum absolute atomic E-state index is 0.000891. The van der Waals surface area contributed by atoms with Gasteiger partial charge < -0.3 is 20.4 Å². The van der Waals surface area contributed by atoms with Crippen molar-refractivity contribution >= 4 is 22.4 Å². The molecular formula is C21H18F5N5O2. The summed E-state index contributed by atoms with van der Waals surface area (Å²) in [5, 5.41) is 0.0461. The molecule has 0 unspecified atom stereocenters. The zero-order chi connectivity index (χ0) is 23.7. The monoisotopic (exact) mass is 467 g/mol. The average molecular weight is 467 g/mol. The number of ether oxygens (including phenoxy) is 1. The molecule has 0 radical (unpaired) electrons. The molecule has 3 heterocycles. The Hall–Kier alpha value is -3.28. The fourth-order valence-electron chi connectivity index (χ4n) is 4.54. The number of aromatic nitrogens is 3. The van der Waals surface area contributed by atoms with Crippen molar-refractivity contribution in [3.05, 3.63) is 45.8 Å². The molecule has 5 rings (SSSR count). The minimum atomic E-state index is -4.80. The number of benzene rings is 1. The first-order chi connectivity index (χ1) is 15.6. The predicted octanol–water partition coefficient (Wildman–Crippen LogP) is 3.21. The first-order valence-corrected chi connectivity index (χ1v) is 10.1. The molecule has 0 spiro atoms. The summed E-state index contributed by atoms with van der Waals surface area (Å²) in [7, 11) is 0. The number of anilines is 2. The van der Waals surface area contributed by atoms with Crippen LogP contribution in [0, 0.1) is 18.7 Å². The molecule has 3 N–H and O–H groups in total. The number of rotatable bonds is 2. The Balaban J connectivity index is 1.72. The van der Waals surface area contributed by atoms with Gasteiger partial charge in [-0.3, -0.25) is 4.98 Å². The number of nitrogens with zero attached hydrogens (tertiary/aromatic N) is 3. The van der Waals surface area contributed by atoms with E-state index in [0.29, 0.717) is 0 Å². The lowest BCUT2D eigenvalue weighted by atomic mass is 9.97. The van der Waals surface area contributed by atoms with Crippen LogP contribution in [0.5, 0.6) is 0 Å². The second-order valence-electron chi connectivity index (χ2n) is 8.20. The third-order valence-corrected chi connectivity index (χ3v) is 6.05. The number of aryl methyl sites for hydroxylation is 1. The molecule has 0 amide bonds. The van der Waals surface area contributed by atoms with Crippen molar-refractivity contribution in [1.82, 2.24) is 15.0 Å². The first kappa shape index (κ1) is 21.6. The molecule has 3 atom stereocenters. The van der Waals surface area contributed by atoms with Crippen LogP contribution in [0.4, 0.5) is 33.5 Å². The van der Waals surface area contributed by atoms with Crippen molar-refractivity contribution < 1.29 is 26.7 Å². The van der Waals surface area contributed by atoms with Crippen LogP contribution in [0.2, 0.25) is 0 Å². The zero-order valence-corrected chi connectivity index (χ0v) is 17.2. The fraction of sp³-hybridized carbons (Fsp3) is 0.381. The van der Waals surface area contributed by atoms with Crippen LogP contribution in [0.25, 0.3) is 22.2 Å². The van der Waals surface area contributed by atoms with Crippen LogP contribution in [0.3, 0.4) is 0 Å². The van der Waals surface area contributed by atoms with Crippen LogP contribution >= 0.6 is 0 Å². The molecule has 12 heteroatoms. The second-order valence-corrected chi connectivity index (χ2v) is 8.20. The summed E-state index contributed by atoms with van der Waals surface area (Å²) in [5.41, 5.74) is 1.98. The smallest absolute Gasteiger partial charge is 0.399 e. The molecular weight excluding hydrogens is 449 g/mol. The Labute approximate surface area is 183 Å². The van der Waals surface area contributed by atoms with Crippen molar-refractivity contribution in [2.75, 3.05) is 30.4 Å². The summed E-state index contributed by atoms with van der Waals surface area (Å²) in [5.74, 6) is -1.56. The van der Waals surface area contributed by atoms with Gasteiger partial charge in [0.25, 0.3) is 0 Å². The maximum Gasteiger partial charge on any atom is 0.417 e. The van der Waals surface area contributed by atoms with Crippen LogP contribution in [0.1, 0.15) is 11.1 Å². The number of fused-ring (bicyclic) bond motifs is 2. The van der Waals surface area contributed by atoms with Gasteiger partial charge in [-0.15, -0.1) is 0 Å². The number of hydrogen-bond acceptors (Lipinski definition) is 6. The lowest BCUT2D eigenvalue weighted by Gasteiger charge is -2.23. The molecule has 1 aromatic carbocycles. The van der Waals surface area contributed by atoms with Gasteiger partial charge in [0.1, 0.15) is 17.7 Å². The molecule has 2 fully saturated rings. The lowest BCUT2D eigenvalue weighted by molar-refractivity contribution is -0.137. The van der Waals surface area contributed by atoms with Gasteiger partial charge in [-0.25, -0.2) is 13.6 Å². The van der Waals surface area contributed by atoms with Crippen LogP contribution < -0.4 is 16.3 Å². The number of aromatic amines is 1. The van der Waals surface area contributed by atoms with Crippen molar-refractivity contribution in [2.45, 2.75) is 25.3 Å². The van der Waals surface area contributed by atoms with E-state index in [0.717, 1.165) is 18.3 Å². The van der Waals surface area contributed by atoms with Gasteiger partial charge in [-0.05, 0) is 24.6 Å². The molecule has 1 aliphatic heterocycles. The van der Waals surface area contributed by atoms with E-state index in [1.54, 1.807) is 0 Å². The maximum atomic E-state index is 15.6. The van der Waals surface area contributed by atoms with Gasteiger partial charge in [0.05, 0.1) is 35.7 Å². The molecule has 2 aliphatic rings. The number of nitrogens with one attached hydrogen (secondary N) is 1. The van der Waals surface area contributed by atoms with Crippen LogP contribution in [-0.2, 0) is 10.9 Å². The molecule has 0 bridgehead atoms. The highest BCUT2D eigenvalue weighted by molar-refractivity contribution is 5.92. The maximum absolute atomic E-state index is 15.6. The molecule has 3 aromatic rings. The summed E-state index contributed by atoms with van der Waals surface area (Å²) in [6.45, 7) is 1.89. The Morgan fingerprint density at radius 1 is 1.30 bits per heavy atom. The Kier molecular flexibility index (Phi) is 4.82. The van der Waals surface area contributed by atoms with E-state index in [-0.39, 0.29) is 47.7 Å². The van der Waals surface area contributed by atoms with Crippen molar-refractivity contribution in [2.24, 2.45) is 5.92 Å². The predicted molar refractivity (Wildman–Crippen MR) is 110 cm³/mol. The highest BCUT2D eigenvalue weighted by Crippen LogP contribution is 2.45. The third-order valence-electron chi connectivity index (χ3n) is 6.05. The summed E-state index contributed by atoms with van der Waals surface area (Å²) in [4.78, 5) is 23.9. The average Bonchev–Trinajstić information content (AvgIpc) is 3.41. The van der Waals surface area contributed by atoms with E-state index in [1.807, 2.05) is 0 Å². The summed E-state index contributed by atoms with van der Waals surface area (Å²) < 4.78 is 76.5. The van der Waals surface area contributed by atoms with Gasteiger partial charge >= 0.3 is 11.9 Å². The lowest BCUT2D eigenvalue weighted by Crippen LogP contribution is -2.33. The van der Waals surface area contributed by atoms with Gasteiger partial charge in [-0.2, -0.15) is 18.2 Å². The zero-order valence-electron chi connectivity index (χ0n) is 17.2. The first-order valence-electron chi connectivity index (χ1n) is 10.1. The largest absolute Gasteiger partial charge is 0.417 e. The van der Waals surface area contributed by atoms with E-state index < -0.39 is 52.6 Å². The second kappa shape index (κ2) is 7.37. The number of nitrogens with two attached hydrogens (primary N) is 1. The molecule has 7 nitrogen and oxygen atoms in total. The molecule has 1 saturated carbocycles. The van der Waals surface area contributed by atoms with E-state index in [4.69, 9.17) is 10.5 Å². The fourth-order valence-corrected chi connectivity index (χ4v) is 4.54. The van der Waals surface area contributed by atoms with E-state index >= 15 is 4.39 Å². The Morgan fingerprint density at radius 2 is 2.06 bits per heavy atom. The topological polar surface area (TPSA) is 97.1 Å². The number of hydrogen-bond donors (Lipinski definition) is 2. The SMILES string of the molecule is Cc1cc(N)cc(-c2ncc3c(N4CCOC[C@H]5[C@H](F)[C@H]54)nc(=O)[nH]c3c2F)c1C(F)(F)F. The highest BCUT2D eigenvalue weighted by atomic mass is 19.4. The molecule has 33 heavy (non-hydrogen) atoms. The Bertz CT molecular complexity index is 1330. The van der Waals surface area contributed by atoms with Crippen molar-refractivity contribution in [1.29, 1.82) is 0 Å². The van der Waals surface area contributed by atoms with Gasteiger partial charge in [-0.1, -0.05) is 0 Å². The molecule has 2 aromatic heterocycles. The van der Waals surface area contributed by atoms with E-state index in [9.17, 15) is 22.4 Å². The van der Waals surface area contributed by atoms with Gasteiger partial charge in [0.2, 0.25) is 0 Å². The summed E-state index contributed by atoms with van der Waals surface area (Å²) >= 11 is 0. The van der Waals surface area contributed by atoms with E-state index in [2.05, 4.69) is 15.0 Å². The number of alkyl halides is 4. The standard InChI is InChI=1S/C21H18F5N5O2/c1-8-4-9(27)5-10(13(8)21(24,25)26)16-15(23)17-11(6-28-16)19(30-20(32)29-17)31-2-3-33-7-12-14(22)18(12)31/h4-6,12,14,18H,2-3,7,27H2,1H3,(H,29,30,32)/t12-,14-,18-/m0/s1. The number of halogens is 5. The molecule has 1 aliphatic carbocycles. The summed E-state index contributed by atoms with van der Waals surface area (Å²) in [6, 6.07) is 1.54. The van der Waals surface area contributed by atoms with Crippen molar-refractivity contribution in [3.8, 4) is 11.3 Å². The minimum Gasteiger partial charge on any atom is -0.399 e. The quantitative estimate of drug-likeness (QED) is 0.444. The third kappa shape index (κ3) is 3.48. The molecule has 174 valence electrons.